The molecule has 0 radical (unpaired) electrons. The van der Waals surface area contributed by atoms with E-state index in [1.165, 1.54) is 32.3 Å². The molecule has 0 aliphatic carbocycles. The Labute approximate surface area is 138 Å². The Morgan fingerprint density at radius 3 is 2.09 bits per heavy atom. The Bertz CT molecular complexity index is 710. The van der Waals surface area contributed by atoms with Crippen LogP contribution in [0.25, 0.3) is 0 Å². The second-order valence-corrected chi connectivity index (χ2v) is 9.49. The van der Waals surface area contributed by atoms with Crippen LogP contribution >= 0.6 is 12.4 Å². The first kappa shape index (κ1) is 21.3. The first-order valence-corrected chi connectivity index (χ1v) is 9.10. The number of hydrogen-bond acceptors (Lipinski definition) is 5. The van der Waals surface area contributed by atoms with Crippen LogP contribution in [-0.2, 0) is 20.0 Å². The predicted molar refractivity (Wildman–Crippen MR) is 88.0 cm³/mol. The number of halogens is 1. The van der Waals surface area contributed by atoms with Crippen molar-refractivity contribution in [3.05, 3.63) is 24.3 Å². The fourth-order valence-corrected chi connectivity index (χ4v) is 3.67. The molecule has 1 aromatic carbocycles. The minimum atomic E-state index is -3.81. The number of nitrogens with two attached hydrogens (primary N) is 1. The summed E-state index contributed by atoms with van der Waals surface area (Å²) in [6, 6.07) is 5.20. The lowest BCUT2D eigenvalue weighted by atomic mass is 10.1. The Morgan fingerprint density at radius 1 is 1.14 bits per heavy atom. The summed E-state index contributed by atoms with van der Waals surface area (Å²) in [4.78, 5) is -0.197. The van der Waals surface area contributed by atoms with Gasteiger partial charge in [0.25, 0.3) is 0 Å². The van der Waals surface area contributed by atoms with Crippen molar-refractivity contribution >= 4 is 32.5 Å². The maximum absolute atomic E-state index is 12.2. The van der Waals surface area contributed by atoms with E-state index < -0.39 is 25.6 Å². The molecule has 10 heteroatoms. The molecule has 0 spiro atoms. The van der Waals surface area contributed by atoms with Crippen molar-refractivity contribution in [1.82, 2.24) is 9.03 Å². The Hall–Kier alpha value is -0.710. The van der Waals surface area contributed by atoms with Gasteiger partial charge in [0, 0.05) is 26.2 Å². The van der Waals surface area contributed by atoms with Crippen LogP contribution in [0.4, 0.5) is 0 Å². The maximum atomic E-state index is 12.2. The van der Waals surface area contributed by atoms with Gasteiger partial charge in [-0.05, 0) is 32.0 Å². The number of sulfonamides is 2. The molecule has 0 unspecified atom stereocenters. The molecule has 1 rings (SSSR count). The molecule has 0 aromatic heterocycles. The van der Waals surface area contributed by atoms with Crippen LogP contribution in [0.15, 0.2) is 34.1 Å². The highest BCUT2D eigenvalue weighted by Gasteiger charge is 2.22. The monoisotopic (exact) mass is 371 g/mol. The largest absolute Gasteiger partial charge is 0.324 e. The number of benzene rings is 1. The average Bonchev–Trinajstić information content (AvgIpc) is 2.36. The van der Waals surface area contributed by atoms with Crippen molar-refractivity contribution in [2.45, 2.75) is 29.2 Å². The molecule has 0 fully saturated rings. The summed E-state index contributed by atoms with van der Waals surface area (Å²) >= 11 is 0. The van der Waals surface area contributed by atoms with Gasteiger partial charge in [0.15, 0.2) is 0 Å². The molecule has 0 bridgehead atoms. The third kappa shape index (κ3) is 5.49. The van der Waals surface area contributed by atoms with Gasteiger partial charge in [-0.25, -0.2) is 25.9 Å². The van der Waals surface area contributed by atoms with E-state index in [2.05, 4.69) is 4.72 Å². The van der Waals surface area contributed by atoms with Gasteiger partial charge in [-0.1, -0.05) is 6.07 Å². The molecule has 0 atom stereocenters. The second kappa shape index (κ2) is 7.24. The van der Waals surface area contributed by atoms with E-state index in [0.29, 0.717) is 0 Å². The molecule has 3 N–H and O–H groups in total. The quantitative estimate of drug-likeness (QED) is 0.750. The Morgan fingerprint density at radius 2 is 1.64 bits per heavy atom. The van der Waals surface area contributed by atoms with Crippen LogP contribution in [0.2, 0.25) is 0 Å². The molecule has 0 aliphatic rings. The summed E-state index contributed by atoms with van der Waals surface area (Å²) in [6.07, 6.45) is 0. The van der Waals surface area contributed by atoms with E-state index >= 15 is 0 Å². The normalized spacial score (nSPS) is 13.0. The maximum Gasteiger partial charge on any atom is 0.242 e. The molecule has 0 amide bonds. The van der Waals surface area contributed by atoms with Gasteiger partial charge in [-0.2, -0.15) is 0 Å². The average molecular weight is 372 g/mol. The first-order chi connectivity index (χ1) is 9.36. The van der Waals surface area contributed by atoms with E-state index in [1.807, 2.05) is 0 Å². The minimum Gasteiger partial charge on any atom is -0.324 e. The van der Waals surface area contributed by atoms with Crippen molar-refractivity contribution in [2.75, 3.05) is 20.6 Å². The molecular formula is C12H22ClN3O4S2. The molecule has 1 aromatic rings. The molecule has 0 aliphatic heterocycles. The third-order valence-corrected chi connectivity index (χ3v) is 5.82. The fraction of sp³-hybridized carbons (Fsp3) is 0.500. The smallest absolute Gasteiger partial charge is 0.242 e. The van der Waals surface area contributed by atoms with E-state index in [4.69, 9.17) is 5.73 Å². The van der Waals surface area contributed by atoms with E-state index in [0.717, 1.165) is 10.4 Å². The predicted octanol–water partition coefficient (Wildman–Crippen LogP) is 0.374. The Balaban J connectivity index is 0.00000441. The van der Waals surface area contributed by atoms with Crippen LogP contribution in [0.1, 0.15) is 13.8 Å². The summed E-state index contributed by atoms with van der Waals surface area (Å²) in [5.74, 6) is 0. The highest BCUT2D eigenvalue weighted by Crippen LogP contribution is 2.18. The van der Waals surface area contributed by atoms with Crippen molar-refractivity contribution in [1.29, 1.82) is 0 Å². The number of nitrogens with zero attached hydrogens (tertiary/aromatic N) is 1. The van der Waals surface area contributed by atoms with Gasteiger partial charge in [-0.15, -0.1) is 12.4 Å². The highest BCUT2D eigenvalue weighted by molar-refractivity contribution is 7.90. The topological polar surface area (TPSA) is 110 Å². The molecule has 0 saturated heterocycles. The minimum absolute atomic E-state index is 0. The molecule has 128 valence electrons. The molecule has 0 saturated carbocycles. The zero-order chi connectivity index (χ0) is 16.5. The fourth-order valence-electron chi connectivity index (χ4n) is 1.38. The van der Waals surface area contributed by atoms with E-state index in [9.17, 15) is 16.8 Å². The van der Waals surface area contributed by atoms with Crippen molar-refractivity contribution in [2.24, 2.45) is 5.73 Å². The molecule has 22 heavy (non-hydrogen) atoms. The number of hydrogen-bond donors (Lipinski definition) is 2. The van der Waals surface area contributed by atoms with Crippen molar-refractivity contribution in [3.63, 3.8) is 0 Å². The molecular weight excluding hydrogens is 350 g/mol. The SMILES string of the molecule is CN(C)S(=O)(=O)c1cccc(S(=O)(=O)NCC(C)(C)N)c1.Cl. The van der Waals surface area contributed by atoms with Gasteiger partial charge in [0.05, 0.1) is 9.79 Å². The molecule has 0 heterocycles. The second-order valence-electron chi connectivity index (χ2n) is 5.58. The first-order valence-electron chi connectivity index (χ1n) is 6.17. The van der Waals surface area contributed by atoms with Gasteiger partial charge in [0.2, 0.25) is 20.0 Å². The number of rotatable bonds is 6. The lowest BCUT2D eigenvalue weighted by Crippen LogP contribution is -2.45. The van der Waals surface area contributed by atoms with Crippen molar-refractivity contribution < 1.29 is 16.8 Å². The van der Waals surface area contributed by atoms with Gasteiger partial charge in [0.1, 0.15) is 0 Å². The lowest BCUT2D eigenvalue weighted by Gasteiger charge is -2.19. The summed E-state index contributed by atoms with van der Waals surface area (Å²) in [5.41, 5.74) is 5.02. The van der Waals surface area contributed by atoms with Crippen LogP contribution in [-0.4, -0.2) is 47.3 Å². The zero-order valence-electron chi connectivity index (χ0n) is 12.9. The van der Waals surface area contributed by atoms with Crippen LogP contribution in [0, 0.1) is 0 Å². The summed E-state index contributed by atoms with van der Waals surface area (Å²) in [7, 11) is -4.74. The van der Waals surface area contributed by atoms with Gasteiger partial charge in [-0.3, -0.25) is 0 Å². The van der Waals surface area contributed by atoms with Crippen LogP contribution in [0.5, 0.6) is 0 Å². The molecule has 7 nitrogen and oxygen atoms in total. The summed E-state index contributed by atoms with van der Waals surface area (Å²) in [6.45, 7) is 3.41. The van der Waals surface area contributed by atoms with Gasteiger partial charge >= 0.3 is 0 Å². The van der Waals surface area contributed by atoms with E-state index in [1.54, 1.807) is 13.8 Å². The summed E-state index contributed by atoms with van der Waals surface area (Å²) in [5, 5.41) is 0. The van der Waals surface area contributed by atoms with Crippen LogP contribution in [0.3, 0.4) is 0 Å². The lowest BCUT2D eigenvalue weighted by molar-refractivity contribution is 0.497. The van der Waals surface area contributed by atoms with Gasteiger partial charge < -0.3 is 5.73 Å². The highest BCUT2D eigenvalue weighted by atomic mass is 35.5. The Kier molecular flexibility index (Phi) is 7.01. The van der Waals surface area contributed by atoms with Crippen LogP contribution < -0.4 is 10.5 Å². The summed E-state index contributed by atoms with van der Waals surface area (Å²) < 4.78 is 51.7. The van der Waals surface area contributed by atoms with Crippen molar-refractivity contribution in [3.8, 4) is 0 Å². The zero-order valence-corrected chi connectivity index (χ0v) is 15.3. The van der Waals surface area contributed by atoms with E-state index in [-0.39, 0.29) is 28.7 Å². The number of nitrogens with one attached hydrogen (secondary N) is 1. The third-order valence-electron chi connectivity index (χ3n) is 2.61. The standard InChI is InChI=1S/C12H21N3O4S2.ClH/c1-12(2,13)9-14-20(16,17)10-6-5-7-11(8-10)21(18,19)15(3)4;/h5-8,14H,9,13H2,1-4H3;1H.